The number of hydrogen-bond acceptors (Lipinski definition) is 3. The highest BCUT2D eigenvalue weighted by atomic mass is 127. The summed E-state index contributed by atoms with van der Waals surface area (Å²) in [5.41, 5.74) is 6.97. The number of hydrogen-bond donors (Lipinski definition) is 2. The van der Waals surface area contributed by atoms with Gasteiger partial charge in [0, 0.05) is 13.1 Å². The lowest BCUT2D eigenvalue weighted by Crippen LogP contribution is -2.46. The minimum Gasteiger partial charge on any atom is -0.370 e. The molecule has 29 heavy (non-hydrogen) atoms. The number of nitrogens with zero attached hydrogens (tertiary/aromatic N) is 3. The first-order valence-corrected chi connectivity index (χ1v) is 10.2. The van der Waals surface area contributed by atoms with E-state index >= 15 is 0 Å². The molecule has 8 heteroatoms. The second-order valence-electron chi connectivity index (χ2n) is 8.56. The number of anilines is 1. The van der Waals surface area contributed by atoms with E-state index in [0.29, 0.717) is 18.2 Å². The van der Waals surface area contributed by atoms with Gasteiger partial charge < -0.3 is 16.0 Å². The summed E-state index contributed by atoms with van der Waals surface area (Å²) in [6.45, 7) is 6.50. The Kier molecular flexibility index (Phi) is 6.40. The molecule has 1 unspecified atom stereocenters. The third-order valence-electron chi connectivity index (χ3n) is 6.34. The largest absolute Gasteiger partial charge is 0.370 e. The van der Waals surface area contributed by atoms with Gasteiger partial charge in [0.25, 0.3) is 5.91 Å². The van der Waals surface area contributed by atoms with E-state index in [0.717, 1.165) is 50.3 Å². The normalized spacial score (nSPS) is 25.8. The van der Waals surface area contributed by atoms with Gasteiger partial charge >= 0.3 is 6.03 Å². The summed E-state index contributed by atoms with van der Waals surface area (Å²) in [7, 11) is 0. The van der Waals surface area contributed by atoms with Crippen LogP contribution in [0.5, 0.6) is 0 Å². The average molecular weight is 511 g/mol. The number of guanidine groups is 1. The lowest BCUT2D eigenvalue weighted by Gasteiger charge is -2.31. The third-order valence-corrected chi connectivity index (χ3v) is 6.34. The van der Waals surface area contributed by atoms with Crippen LogP contribution in [0.15, 0.2) is 29.3 Å². The topological polar surface area (TPSA) is 91.0 Å². The van der Waals surface area contributed by atoms with Gasteiger partial charge in [0.05, 0.1) is 12.2 Å². The predicted molar refractivity (Wildman–Crippen MR) is 124 cm³/mol. The number of aliphatic imine (C=N–C) groups is 1. The van der Waals surface area contributed by atoms with Crippen LogP contribution in [0.1, 0.15) is 45.1 Å². The standard InChI is InChI=1S/C21H29N5O2.HI/c1-14-9-11-25(12-10-14)19(22)23-13-15-3-7-17(8-4-15)26-18(27)21(2,16-5-6-16)24-20(26)28;/h3-4,7-8,14,16H,5-6,9-13H2,1-2H3,(H2,22,23)(H,24,28);1H. The van der Waals surface area contributed by atoms with Crippen molar-refractivity contribution in [3.8, 4) is 0 Å². The maximum absolute atomic E-state index is 12.8. The van der Waals surface area contributed by atoms with Crippen LogP contribution in [-0.2, 0) is 11.3 Å². The Morgan fingerprint density at radius 3 is 2.38 bits per heavy atom. The number of nitrogens with two attached hydrogens (primary N) is 1. The number of nitrogens with one attached hydrogen (secondary N) is 1. The zero-order valence-electron chi connectivity index (χ0n) is 17.1. The Morgan fingerprint density at radius 2 is 1.79 bits per heavy atom. The highest BCUT2D eigenvalue weighted by Gasteiger charge is 2.56. The number of rotatable bonds is 4. The summed E-state index contributed by atoms with van der Waals surface area (Å²) >= 11 is 0. The minimum atomic E-state index is -0.763. The van der Waals surface area contributed by atoms with Crippen molar-refractivity contribution in [2.75, 3.05) is 18.0 Å². The van der Waals surface area contributed by atoms with Gasteiger partial charge in [-0.1, -0.05) is 19.1 Å². The summed E-state index contributed by atoms with van der Waals surface area (Å²) in [6.07, 6.45) is 4.28. The van der Waals surface area contributed by atoms with Crippen LogP contribution in [0.25, 0.3) is 0 Å². The molecule has 2 heterocycles. The number of benzene rings is 1. The van der Waals surface area contributed by atoms with Crippen molar-refractivity contribution in [2.45, 2.75) is 51.6 Å². The van der Waals surface area contributed by atoms with Crippen LogP contribution < -0.4 is 16.0 Å². The molecular formula is C21H30IN5O2. The number of halogens is 1. The van der Waals surface area contributed by atoms with Crippen molar-refractivity contribution in [3.05, 3.63) is 29.8 Å². The summed E-state index contributed by atoms with van der Waals surface area (Å²) in [5, 5.41) is 2.88. The molecule has 0 radical (unpaired) electrons. The Morgan fingerprint density at radius 1 is 1.17 bits per heavy atom. The molecule has 3 N–H and O–H groups in total. The molecule has 3 fully saturated rings. The summed E-state index contributed by atoms with van der Waals surface area (Å²) < 4.78 is 0. The van der Waals surface area contributed by atoms with Gasteiger partial charge in [-0.05, 0) is 62.1 Å². The number of likely N-dealkylation sites (tertiary alicyclic amines) is 1. The molecule has 0 aromatic heterocycles. The van der Waals surface area contributed by atoms with Crippen molar-refractivity contribution >= 4 is 47.6 Å². The number of carbonyl (C=O) groups is 2. The molecule has 1 aromatic rings. The molecule has 158 valence electrons. The minimum absolute atomic E-state index is 0. The Labute approximate surface area is 189 Å². The lowest BCUT2D eigenvalue weighted by molar-refractivity contribution is -0.122. The van der Waals surface area contributed by atoms with Gasteiger partial charge in [-0.25, -0.2) is 14.7 Å². The van der Waals surface area contributed by atoms with E-state index in [9.17, 15) is 9.59 Å². The fraction of sp³-hybridized carbons (Fsp3) is 0.571. The van der Waals surface area contributed by atoms with Crippen molar-refractivity contribution in [2.24, 2.45) is 22.6 Å². The first-order valence-electron chi connectivity index (χ1n) is 10.2. The number of piperidine rings is 1. The number of imide groups is 1. The van der Waals surface area contributed by atoms with Gasteiger partial charge in [-0.15, -0.1) is 24.0 Å². The number of urea groups is 1. The van der Waals surface area contributed by atoms with Crippen molar-refractivity contribution in [1.29, 1.82) is 0 Å². The zero-order valence-corrected chi connectivity index (χ0v) is 19.4. The van der Waals surface area contributed by atoms with E-state index in [-0.39, 0.29) is 41.8 Å². The van der Waals surface area contributed by atoms with Crippen molar-refractivity contribution < 1.29 is 9.59 Å². The third kappa shape index (κ3) is 4.36. The van der Waals surface area contributed by atoms with E-state index in [1.165, 1.54) is 4.90 Å². The molecule has 0 spiro atoms. The predicted octanol–water partition coefficient (Wildman–Crippen LogP) is 3.08. The SMILES string of the molecule is CC1CCN(C(N)=NCc2ccc(N3C(=O)NC(C)(C4CC4)C3=O)cc2)CC1.I. The van der Waals surface area contributed by atoms with Crippen molar-refractivity contribution in [3.63, 3.8) is 0 Å². The van der Waals surface area contributed by atoms with Gasteiger partial charge in [-0.2, -0.15) is 0 Å². The van der Waals surface area contributed by atoms with E-state index < -0.39 is 5.54 Å². The Bertz CT molecular complexity index is 800. The summed E-state index contributed by atoms with van der Waals surface area (Å²) in [5.74, 6) is 1.44. The average Bonchev–Trinajstić information content (AvgIpc) is 3.50. The summed E-state index contributed by atoms with van der Waals surface area (Å²) in [4.78, 5) is 33.1. The van der Waals surface area contributed by atoms with Crippen LogP contribution >= 0.6 is 24.0 Å². The highest BCUT2D eigenvalue weighted by molar-refractivity contribution is 14.0. The molecule has 1 saturated carbocycles. The molecular weight excluding hydrogens is 481 g/mol. The molecule has 4 rings (SSSR count). The van der Waals surface area contributed by atoms with Gasteiger partial charge in [0.15, 0.2) is 5.96 Å². The highest BCUT2D eigenvalue weighted by Crippen LogP contribution is 2.43. The van der Waals surface area contributed by atoms with Crippen LogP contribution in [-0.4, -0.2) is 41.4 Å². The maximum Gasteiger partial charge on any atom is 0.329 e. The Hall–Kier alpha value is -1.84. The van der Waals surface area contributed by atoms with Gasteiger partial charge in [-0.3, -0.25) is 4.79 Å². The molecule has 0 bridgehead atoms. The number of carbonyl (C=O) groups excluding carboxylic acids is 2. The maximum atomic E-state index is 12.8. The smallest absolute Gasteiger partial charge is 0.329 e. The molecule has 1 atom stereocenters. The fourth-order valence-corrected chi connectivity index (χ4v) is 4.09. The monoisotopic (exact) mass is 511 g/mol. The second kappa shape index (κ2) is 8.49. The van der Waals surface area contributed by atoms with Gasteiger partial charge in [0.2, 0.25) is 0 Å². The fourth-order valence-electron chi connectivity index (χ4n) is 4.09. The van der Waals surface area contributed by atoms with E-state index in [4.69, 9.17) is 5.73 Å². The van der Waals surface area contributed by atoms with Crippen LogP contribution in [0.4, 0.5) is 10.5 Å². The molecule has 2 aliphatic heterocycles. The first-order chi connectivity index (χ1) is 13.4. The second-order valence-corrected chi connectivity index (χ2v) is 8.56. The van der Waals surface area contributed by atoms with E-state index in [1.54, 1.807) is 12.1 Å². The Balaban J connectivity index is 0.00000240. The van der Waals surface area contributed by atoms with Crippen LogP contribution in [0.2, 0.25) is 0 Å². The van der Waals surface area contributed by atoms with Crippen molar-refractivity contribution in [1.82, 2.24) is 10.2 Å². The lowest BCUT2D eigenvalue weighted by atomic mass is 9.96. The molecule has 7 nitrogen and oxygen atoms in total. The molecule has 3 aliphatic rings. The molecule has 1 aromatic carbocycles. The summed E-state index contributed by atoms with van der Waals surface area (Å²) in [6, 6.07) is 7.07. The molecule has 2 saturated heterocycles. The molecule has 3 amide bonds. The quantitative estimate of drug-likeness (QED) is 0.282. The van der Waals surface area contributed by atoms with Crippen LogP contribution in [0.3, 0.4) is 0 Å². The number of amides is 3. The van der Waals surface area contributed by atoms with Crippen LogP contribution in [0, 0.1) is 11.8 Å². The molecule has 1 aliphatic carbocycles. The zero-order chi connectivity index (χ0) is 19.9. The van der Waals surface area contributed by atoms with Gasteiger partial charge in [0.1, 0.15) is 5.54 Å². The van der Waals surface area contributed by atoms with E-state index in [1.807, 2.05) is 19.1 Å². The van der Waals surface area contributed by atoms with E-state index in [2.05, 4.69) is 22.1 Å². The first kappa shape index (κ1) is 21.9.